The van der Waals surface area contributed by atoms with E-state index in [1.807, 2.05) is 0 Å². The van der Waals surface area contributed by atoms with E-state index in [4.69, 9.17) is 0 Å². The van der Waals surface area contributed by atoms with Crippen molar-refractivity contribution in [3.05, 3.63) is 40.9 Å². The van der Waals surface area contributed by atoms with Crippen molar-refractivity contribution in [2.75, 3.05) is 5.75 Å². The summed E-state index contributed by atoms with van der Waals surface area (Å²) < 4.78 is 2.47. The minimum atomic E-state index is -1.44. The van der Waals surface area contributed by atoms with Crippen molar-refractivity contribution in [3.63, 3.8) is 0 Å². The summed E-state index contributed by atoms with van der Waals surface area (Å²) in [7, 11) is -1.44. The Morgan fingerprint density at radius 3 is 2.61 bits per heavy atom. The number of rotatable bonds is 4. The van der Waals surface area contributed by atoms with Crippen LogP contribution in [0.5, 0.6) is 0 Å². The minimum Gasteiger partial charge on any atom is -0.143 e. The van der Waals surface area contributed by atoms with Gasteiger partial charge in [-0.25, -0.2) is 0 Å². The van der Waals surface area contributed by atoms with Crippen LogP contribution in [-0.4, -0.2) is 18.4 Å². The van der Waals surface area contributed by atoms with Crippen molar-refractivity contribution in [3.8, 4) is 0 Å². The quantitative estimate of drug-likeness (QED) is 0.743. The molecule has 0 amide bonds. The van der Waals surface area contributed by atoms with E-state index in [-0.39, 0.29) is 0 Å². The second-order valence-electron chi connectivity index (χ2n) is 5.23. The highest BCUT2D eigenvalue weighted by Gasteiger charge is 2.32. The van der Waals surface area contributed by atoms with Crippen LogP contribution < -0.4 is 5.19 Å². The van der Waals surface area contributed by atoms with Crippen LogP contribution in [0, 0.1) is 0 Å². The Kier molecular flexibility index (Phi) is 5.04. The van der Waals surface area contributed by atoms with Crippen LogP contribution in [0.2, 0.25) is 13.1 Å². The van der Waals surface area contributed by atoms with Crippen molar-refractivity contribution in [2.45, 2.75) is 37.4 Å². The first-order chi connectivity index (χ1) is 8.64. The predicted octanol–water partition coefficient (Wildman–Crippen LogP) is 4.63. The summed E-state index contributed by atoms with van der Waals surface area (Å²) >= 11 is 4.26. The van der Waals surface area contributed by atoms with Gasteiger partial charge < -0.3 is 0 Å². The average molecular weight is 295 g/mol. The molecule has 1 aliphatic heterocycles. The molecule has 0 saturated carbocycles. The molecule has 1 aromatic carbocycles. The van der Waals surface area contributed by atoms with Gasteiger partial charge in [0.15, 0.2) is 0 Å². The molecule has 0 radical (unpaired) electrons. The van der Waals surface area contributed by atoms with Crippen molar-refractivity contribution in [1.29, 1.82) is 0 Å². The fourth-order valence-electron chi connectivity index (χ4n) is 2.23. The van der Waals surface area contributed by atoms with E-state index in [0.717, 1.165) is 4.58 Å². The van der Waals surface area contributed by atoms with Crippen molar-refractivity contribution >= 4 is 36.8 Å². The molecule has 1 unspecified atom stereocenters. The van der Waals surface area contributed by atoms with E-state index in [0.29, 0.717) is 0 Å². The van der Waals surface area contributed by atoms with Crippen LogP contribution in [-0.2, 0) is 0 Å². The fraction of sp³-hybridized carbons (Fsp3) is 0.467. The molecule has 1 atom stereocenters. The first kappa shape index (κ1) is 14.3. The second-order valence-corrected chi connectivity index (χ2v) is 12.7. The van der Waals surface area contributed by atoms with Gasteiger partial charge in [-0.15, -0.1) is 23.5 Å². The van der Waals surface area contributed by atoms with Crippen molar-refractivity contribution in [2.24, 2.45) is 0 Å². The molecule has 0 fully saturated rings. The monoisotopic (exact) mass is 294 g/mol. The van der Waals surface area contributed by atoms with Crippen LogP contribution >= 0.6 is 23.5 Å². The molecule has 1 aliphatic rings. The minimum absolute atomic E-state index is 0.783. The van der Waals surface area contributed by atoms with Gasteiger partial charge >= 0.3 is 0 Å². The Morgan fingerprint density at radius 1 is 1.22 bits per heavy atom. The lowest BCUT2D eigenvalue weighted by molar-refractivity contribution is 0.871. The molecule has 0 nitrogen and oxygen atoms in total. The summed E-state index contributed by atoms with van der Waals surface area (Å²) in [6.45, 7) is 7.26. The molecule has 2 rings (SSSR count). The van der Waals surface area contributed by atoms with E-state index >= 15 is 0 Å². The average Bonchev–Trinajstić information content (AvgIpc) is 2.40. The Hall–Kier alpha value is -0.123. The van der Waals surface area contributed by atoms with Gasteiger partial charge in [0.05, 0.1) is 4.58 Å². The number of hydrogen-bond acceptors (Lipinski definition) is 2. The van der Waals surface area contributed by atoms with Gasteiger partial charge in [-0.2, -0.15) is 0 Å². The maximum Gasteiger partial charge on any atom is 0.119 e. The molecular formula is C15H22S2Si. The summed E-state index contributed by atoms with van der Waals surface area (Å²) in [6, 6.07) is 11.1. The predicted molar refractivity (Wildman–Crippen MR) is 90.4 cm³/mol. The van der Waals surface area contributed by atoms with E-state index < -0.39 is 8.07 Å². The van der Waals surface area contributed by atoms with Crippen LogP contribution in [0.25, 0.3) is 0 Å². The second kappa shape index (κ2) is 6.35. The SMILES string of the molecule is CCCC1SCC=C([Si](C)(C)c2ccccc2)S1. The maximum absolute atomic E-state index is 2.49. The van der Waals surface area contributed by atoms with E-state index in [1.165, 1.54) is 18.6 Å². The zero-order valence-corrected chi connectivity index (χ0v) is 14.1. The number of thioether (sulfide) groups is 2. The fourth-order valence-corrected chi connectivity index (χ4v) is 9.14. The van der Waals surface area contributed by atoms with Gasteiger partial charge in [0, 0.05) is 5.75 Å². The van der Waals surface area contributed by atoms with Crippen LogP contribution in [0.1, 0.15) is 19.8 Å². The topological polar surface area (TPSA) is 0 Å². The molecule has 0 saturated heterocycles. The lowest BCUT2D eigenvalue weighted by Crippen LogP contribution is -2.43. The van der Waals surface area contributed by atoms with Gasteiger partial charge in [-0.05, 0) is 10.9 Å². The Labute approximate surface area is 121 Å². The van der Waals surface area contributed by atoms with Gasteiger partial charge in [0.2, 0.25) is 0 Å². The highest BCUT2D eigenvalue weighted by molar-refractivity contribution is 8.20. The van der Waals surface area contributed by atoms with Gasteiger partial charge in [0.25, 0.3) is 0 Å². The molecule has 1 aromatic rings. The Morgan fingerprint density at radius 2 is 1.94 bits per heavy atom. The third kappa shape index (κ3) is 3.25. The highest BCUT2D eigenvalue weighted by atomic mass is 32.2. The molecule has 0 N–H and O–H groups in total. The molecule has 0 bridgehead atoms. The molecule has 0 aromatic heterocycles. The first-order valence-corrected chi connectivity index (χ1v) is 11.6. The summed E-state index contributed by atoms with van der Waals surface area (Å²) in [5.41, 5.74) is 0. The first-order valence-electron chi connectivity index (χ1n) is 6.69. The number of hydrogen-bond donors (Lipinski definition) is 0. The van der Waals surface area contributed by atoms with Crippen LogP contribution in [0.15, 0.2) is 40.9 Å². The smallest absolute Gasteiger partial charge is 0.119 e. The molecule has 1 heterocycles. The van der Waals surface area contributed by atoms with Gasteiger partial charge in [0.1, 0.15) is 8.07 Å². The zero-order valence-electron chi connectivity index (χ0n) is 11.5. The molecule has 0 spiro atoms. The van der Waals surface area contributed by atoms with Gasteiger partial charge in [-0.3, -0.25) is 0 Å². The molecule has 98 valence electrons. The summed E-state index contributed by atoms with van der Waals surface area (Å²) in [4.78, 5) is 0. The van der Waals surface area contributed by atoms with E-state index in [1.54, 1.807) is 9.72 Å². The van der Waals surface area contributed by atoms with Crippen molar-refractivity contribution in [1.82, 2.24) is 0 Å². The number of benzene rings is 1. The maximum atomic E-state index is 2.49. The molecular weight excluding hydrogens is 272 g/mol. The van der Waals surface area contributed by atoms with Crippen LogP contribution in [0.4, 0.5) is 0 Å². The van der Waals surface area contributed by atoms with Crippen LogP contribution in [0.3, 0.4) is 0 Å². The lowest BCUT2D eigenvalue weighted by Gasteiger charge is -2.31. The summed E-state index contributed by atoms with van der Waals surface area (Å²) in [5, 5.41) is 1.56. The summed E-state index contributed by atoms with van der Waals surface area (Å²) in [6.07, 6.45) is 5.12. The third-order valence-electron chi connectivity index (χ3n) is 3.45. The van der Waals surface area contributed by atoms with E-state index in [9.17, 15) is 0 Å². The van der Waals surface area contributed by atoms with E-state index in [2.05, 4.69) is 79.9 Å². The molecule has 0 aliphatic carbocycles. The zero-order chi connectivity index (χ0) is 13.0. The largest absolute Gasteiger partial charge is 0.143 e. The highest BCUT2D eigenvalue weighted by Crippen LogP contribution is 2.41. The van der Waals surface area contributed by atoms with Gasteiger partial charge in [-0.1, -0.05) is 68.0 Å². The standard InChI is InChI=1S/C15H22S2Si/c1-4-8-14-16-12-11-15(17-14)18(2,3)13-9-6-5-7-10-13/h5-7,9-11,14H,4,8,12H2,1-3H3. The Bertz CT molecular complexity index is 412. The normalized spacial score (nSPS) is 20.6. The lowest BCUT2D eigenvalue weighted by atomic mass is 10.4. The third-order valence-corrected chi connectivity index (χ3v) is 11.1. The Balaban J connectivity index is 2.17. The summed E-state index contributed by atoms with van der Waals surface area (Å²) in [5.74, 6) is 1.20. The molecule has 18 heavy (non-hydrogen) atoms. The molecule has 3 heteroatoms. The van der Waals surface area contributed by atoms with Crippen molar-refractivity contribution < 1.29 is 0 Å².